The Balaban J connectivity index is 2.31. The first kappa shape index (κ1) is 12.8. The molecule has 0 saturated carbocycles. The summed E-state index contributed by atoms with van der Waals surface area (Å²) in [5.41, 5.74) is 8.25. The minimum atomic E-state index is -0.339. The Bertz CT molecular complexity index is 428. The number of carbonyl (C=O) groups is 1. The molecule has 0 aliphatic rings. The fraction of sp³-hybridized carbons (Fsp3) is 0.400. The molecule has 0 aromatic carbocycles. The Kier molecular flexibility index (Phi) is 5.33. The van der Waals surface area contributed by atoms with Crippen molar-refractivity contribution in [2.45, 2.75) is 12.8 Å². The number of aromatic nitrogens is 1. The maximum Gasteiger partial charge on any atom is 0.255 e. The Morgan fingerprint density at radius 3 is 3.12 bits per heavy atom. The van der Waals surface area contributed by atoms with Crippen molar-refractivity contribution in [2.24, 2.45) is 5.11 Å². The molecule has 90 valence electrons. The van der Waals surface area contributed by atoms with E-state index in [1.54, 1.807) is 0 Å². The number of hydrogen-bond donors (Lipinski definition) is 2. The third-order valence-electron chi connectivity index (χ3n) is 2.08. The van der Waals surface area contributed by atoms with Crippen LogP contribution in [0.5, 0.6) is 5.75 Å². The van der Waals surface area contributed by atoms with Gasteiger partial charge in [0.05, 0.1) is 11.8 Å². The van der Waals surface area contributed by atoms with Gasteiger partial charge in [0.25, 0.3) is 5.91 Å². The van der Waals surface area contributed by atoms with E-state index in [-0.39, 0.29) is 17.2 Å². The van der Waals surface area contributed by atoms with Crippen LogP contribution in [0.1, 0.15) is 23.2 Å². The fourth-order valence-electron chi connectivity index (χ4n) is 1.23. The van der Waals surface area contributed by atoms with Gasteiger partial charge in [0.1, 0.15) is 5.75 Å². The lowest BCUT2D eigenvalue weighted by atomic mass is 10.2. The molecule has 2 N–H and O–H groups in total. The SMILES string of the molecule is [N-]=[N+]=NCCCCNC(=O)c1ccncc1O. The lowest BCUT2D eigenvalue weighted by molar-refractivity contribution is 0.0950. The number of azide groups is 1. The highest BCUT2D eigenvalue weighted by Crippen LogP contribution is 2.13. The molecule has 0 saturated heterocycles. The summed E-state index contributed by atoms with van der Waals surface area (Å²) in [5.74, 6) is -0.479. The topological polar surface area (TPSA) is 111 Å². The predicted molar refractivity (Wildman–Crippen MR) is 61.5 cm³/mol. The number of carbonyl (C=O) groups excluding carboxylic acids is 1. The minimum Gasteiger partial charge on any atom is -0.505 e. The highest BCUT2D eigenvalue weighted by molar-refractivity contribution is 5.96. The molecule has 7 heteroatoms. The molecule has 17 heavy (non-hydrogen) atoms. The van der Waals surface area contributed by atoms with Gasteiger partial charge in [-0.25, -0.2) is 0 Å². The lowest BCUT2D eigenvalue weighted by Crippen LogP contribution is -2.24. The molecule has 7 nitrogen and oxygen atoms in total. The summed E-state index contributed by atoms with van der Waals surface area (Å²) in [7, 11) is 0. The summed E-state index contributed by atoms with van der Waals surface area (Å²) in [5, 5.41) is 15.4. The van der Waals surface area contributed by atoms with E-state index >= 15 is 0 Å². The summed E-state index contributed by atoms with van der Waals surface area (Å²) in [6.45, 7) is 0.897. The van der Waals surface area contributed by atoms with Gasteiger partial charge in [-0.15, -0.1) is 0 Å². The molecule has 0 aliphatic heterocycles. The summed E-state index contributed by atoms with van der Waals surface area (Å²) < 4.78 is 0. The summed E-state index contributed by atoms with van der Waals surface area (Å²) in [6, 6.07) is 1.45. The smallest absolute Gasteiger partial charge is 0.255 e. The van der Waals surface area contributed by atoms with Crippen molar-refractivity contribution in [3.05, 3.63) is 34.5 Å². The summed E-state index contributed by atoms with van der Waals surface area (Å²) >= 11 is 0. The van der Waals surface area contributed by atoms with Crippen molar-refractivity contribution in [1.29, 1.82) is 0 Å². The first-order valence-corrected chi connectivity index (χ1v) is 5.17. The van der Waals surface area contributed by atoms with Crippen LogP contribution in [0.25, 0.3) is 10.4 Å². The monoisotopic (exact) mass is 235 g/mol. The Hall–Kier alpha value is -2.27. The second-order valence-corrected chi connectivity index (χ2v) is 3.31. The van der Waals surface area contributed by atoms with Gasteiger partial charge in [0.15, 0.2) is 0 Å². The molecule has 0 spiro atoms. The van der Waals surface area contributed by atoms with Gasteiger partial charge >= 0.3 is 0 Å². The van der Waals surface area contributed by atoms with Crippen molar-refractivity contribution in [2.75, 3.05) is 13.1 Å². The van der Waals surface area contributed by atoms with Crippen molar-refractivity contribution in [1.82, 2.24) is 10.3 Å². The van der Waals surface area contributed by atoms with E-state index in [0.717, 1.165) is 6.42 Å². The van der Waals surface area contributed by atoms with Crippen molar-refractivity contribution in [3.63, 3.8) is 0 Å². The zero-order valence-corrected chi connectivity index (χ0v) is 9.20. The van der Waals surface area contributed by atoms with Crippen LogP contribution in [0, 0.1) is 0 Å². The zero-order valence-electron chi connectivity index (χ0n) is 9.20. The highest BCUT2D eigenvalue weighted by atomic mass is 16.3. The van der Waals surface area contributed by atoms with E-state index in [2.05, 4.69) is 20.3 Å². The number of unbranched alkanes of at least 4 members (excludes halogenated alkanes) is 1. The van der Waals surface area contributed by atoms with Crippen LogP contribution in [0.3, 0.4) is 0 Å². The molecule has 0 bridgehead atoms. The van der Waals surface area contributed by atoms with Crippen LogP contribution in [0.2, 0.25) is 0 Å². The van der Waals surface area contributed by atoms with Crippen molar-refractivity contribution >= 4 is 5.91 Å². The predicted octanol–water partition coefficient (Wildman–Crippen LogP) is 1.61. The molecule has 0 fully saturated rings. The Morgan fingerprint density at radius 1 is 1.59 bits per heavy atom. The number of rotatable bonds is 6. The maximum atomic E-state index is 11.6. The standard InChI is InChI=1S/C10H13N5O2/c11-15-14-5-2-1-4-13-10(17)8-3-6-12-7-9(8)16/h3,6-7,16H,1-2,4-5H2,(H,13,17). The molecule has 0 radical (unpaired) electrons. The number of aromatic hydroxyl groups is 1. The van der Waals surface area contributed by atoms with Gasteiger partial charge in [-0.2, -0.15) is 0 Å². The van der Waals surface area contributed by atoms with Gasteiger partial charge in [0.2, 0.25) is 0 Å². The van der Waals surface area contributed by atoms with Gasteiger partial charge in [-0.3, -0.25) is 9.78 Å². The van der Waals surface area contributed by atoms with Crippen LogP contribution in [-0.2, 0) is 0 Å². The van der Waals surface area contributed by atoms with Crippen LogP contribution in [0.4, 0.5) is 0 Å². The molecule has 1 amide bonds. The first-order chi connectivity index (χ1) is 8.25. The van der Waals surface area contributed by atoms with Gasteiger partial charge in [-0.1, -0.05) is 5.11 Å². The number of amides is 1. The summed E-state index contributed by atoms with van der Waals surface area (Å²) in [6.07, 6.45) is 4.09. The average molecular weight is 235 g/mol. The molecule has 0 aliphatic carbocycles. The molecular formula is C10H13N5O2. The molecule has 0 unspecified atom stereocenters. The summed E-state index contributed by atoms with van der Waals surface area (Å²) in [4.78, 5) is 17.9. The molecular weight excluding hydrogens is 222 g/mol. The van der Waals surface area contributed by atoms with Crippen LogP contribution in [0.15, 0.2) is 23.6 Å². The lowest BCUT2D eigenvalue weighted by Gasteiger charge is -2.05. The van der Waals surface area contributed by atoms with Crippen molar-refractivity contribution in [3.8, 4) is 5.75 Å². The molecule has 1 aromatic rings. The maximum absolute atomic E-state index is 11.6. The van der Waals surface area contributed by atoms with Gasteiger partial charge < -0.3 is 10.4 Å². The number of nitrogens with zero attached hydrogens (tertiary/aromatic N) is 4. The van der Waals surface area contributed by atoms with E-state index in [1.165, 1.54) is 18.5 Å². The van der Waals surface area contributed by atoms with Crippen LogP contribution < -0.4 is 5.32 Å². The first-order valence-electron chi connectivity index (χ1n) is 5.17. The van der Waals surface area contributed by atoms with E-state index in [0.29, 0.717) is 19.5 Å². The number of hydrogen-bond acceptors (Lipinski definition) is 4. The normalized spacial score (nSPS) is 9.41. The van der Waals surface area contributed by atoms with Gasteiger partial charge in [-0.05, 0) is 24.4 Å². The van der Waals surface area contributed by atoms with Gasteiger partial charge in [0, 0.05) is 24.2 Å². The van der Waals surface area contributed by atoms with E-state index in [9.17, 15) is 9.90 Å². The Morgan fingerprint density at radius 2 is 2.41 bits per heavy atom. The van der Waals surface area contributed by atoms with E-state index < -0.39 is 0 Å². The second kappa shape index (κ2) is 7.08. The largest absolute Gasteiger partial charge is 0.505 e. The van der Waals surface area contributed by atoms with E-state index in [4.69, 9.17) is 5.53 Å². The van der Waals surface area contributed by atoms with Crippen molar-refractivity contribution < 1.29 is 9.90 Å². The average Bonchev–Trinajstić information content (AvgIpc) is 2.34. The van der Waals surface area contributed by atoms with Crippen LogP contribution >= 0.6 is 0 Å². The fourth-order valence-corrected chi connectivity index (χ4v) is 1.23. The van der Waals surface area contributed by atoms with E-state index in [1.807, 2.05) is 0 Å². The number of nitrogens with one attached hydrogen (secondary N) is 1. The zero-order chi connectivity index (χ0) is 12.5. The van der Waals surface area contributed by atoms with Crippen LogP contribution in [-0.4, -0.2) is 29.1 Å². The number of pyridine rings is 1. The molecule has 0 atom stereocenters. The molecule has 1 aromatic heterocycles. The molecule has 1 rings (SSSR count). The highest BCUT2D eigenvalue weighted by Gasteiger charge is 2.09. The quantitative estimate of drug-likeness (QED) is 0.338. The second-order valence-electron chi connectivity index (χ2n) is 3.31. The third-order valence-corrected chi connectivity index (χ3v) is 2.08. The minimum absolute atomic E-state index is 0.140. The molecule has 1 heterocycles. The Labute approximate surface area is 98.1 Å². The third kappa shape index (κ3) is 4.40.